The Kier molecular flexibility index (Phi) is 7.93. The van der Waals surface area contributed by atoms with Crippen LogP contribution in [0.2, 0.25) is 5.02 Å². The summed E-state index contributed by atoms with van der Waals surface area (Å²) < 4.78 is 14.4. The molecule has 0 radical (unpaired) electrons. The fraction of sp³-hybridized carbons (Fsp3) is 0.292. The fourth-order valence-electron chi connectivity index (χ4n) is 3.83. The summed E-state index contributed by atoms with van der Waals surface area (Å²) in [4.78, 5) is 17.1. The second kappa shape index (κ2) is 10.9. The molecule has 0 spiro atoms. The summed E-state index contributed by atoms with van der Waals surface area (Å²) >= 11 is 11.1. The molecular weight excluding hydrogens is 554 g/mol. The number of nitrogens with one attached hydrogen (secondary N) is 1. The number of thioether (sulfide) groups is 1. The molecule has 11 heteroatoms. The Hall–Kier alpha value is -2.69. The molecule has 1 aliphatic heterocycles. The van der Waals surface area contributed by atoms with E-state index in [9.17, 15) is 4.79 Å². The van der Waals surface area contributed by atoms with Crippen molar-refractivity contribution in [2.24, 2.45) is 5.73 Å². The maximum Gasteiger partial charge on any atom is 0.248 e. The van der Waals surface area contributed by atoms with E-state index in [0.717, 1.165) is 16.9 Å². The van der Waals surface area contributed by atoms with Gasteiger partial charge < -0.3 is 20.5 Å². The molecule has 1 aliphatic rings. The van der Waals surface area contributed by atoms with Gasteiger partial charge in [-0.3, -0.25) is 4.79 Å². The molecule has 0 saturated carbocycles. The first-order valence-corrected chi connectivity index (χ1v) is 13.2. The third-order valence-corrected chi connectivity index (χ3v) is 6.88. The van der Waals surface area contributed by atoms with Gasteiger partial charge in [-0.1, -0.05) is 42.4 Å². The second-order valence-electron chi connectivity index (χ2n) is 7.70. The SMILES string of the molecule is CCOc1cc(C2C(C(N)=O)=C(C)Nc3nc(SCC)nn32)cc(Br)c1OCc1ccc(Cl)cc1. The number of allylic oxidation sites excluding steroid dienone is 1. The van der Waals surface area contributed by atoms with Crippen LogP contribution < -0.4 is 20.5 Å². The van der Waals surface area contributed by atoms with E-state index in [0.29, 0.717) is 56.6 Å². The number of benzene rings is 2. The highest BCUT2D eigenvalue weighted by molar-refractivity contribution is 9.10. The van der Waals surface area contributed by atoms with Crippen molar-refractivity contribution >= 4 is 51.1 Å². The number of nitrogens with zero attached hydrogens (tertiary/aromatic N) is 3. The molecule has 8 nitrogen and oxygen atoms in total. The van der Waals surface area contributed by atoms with Crippen molar-refractivity contribution in [3.8, 4) is 11.5 Å². The molecule has 35 heavy (non-hydrogen) atoms. The highest BCUT2D eigenvalue weighted by Crippen LogP contribution is 2.43. The zero-order chi connectivity index (χ0) is 25.1. The maximum absolute atomic E-state index is 12.5. The van der Waals surface area contributed by atoms with Crippen LogP contribution in [0, 0.1) is 0 Å². The van der Waals surface area contributed by atoms with Crippen molar-refractivity contribution in [2.45, 2.75) is 38.6 Å². The average Bonchev–Trinajstić information content (AvgIpc) is 3.20. The predicted molar refractivity (Wildman–Crippen MR) is 141 cm³/mol. The molecule has 0 aliphatic carbocycles. The van der Waals surface area contributed by atoms with Gasteiger partial charge in [0.1, 0.15) is 12.6 Å². The average molecular weight is 579 g/mol. The van der Waals surface area contributed by atoms with E-state index in [-0.39, 0.29) is 0 Å². The van der Waals surface area contributed by atoms with Crippen LogP contribution in [-0.4, -0.2) is 33.0 Å². The van der Waals surface area contributed by atoms with Crippen molar-refractivity contribution in [2.75, 3.05) is 17.7 Å². The van der Waals surface area contributed by atoms with Gasteiger partial charge >= 0.3 is 0 Å². The summed E-state index contributed by atoms with van der Waals surface area (Å²) in [7, 11) is 0. The molecule has 4 rings (SSSR count). The summed E-state index contributed by atoms with van der Waals surface area (Å²) in [5.41, 5.74) is 8.57. The molecular formula is C24H25BrClN5O3S. The van der Waals surface area contributed by atoms with Gasteiger partial charge in [-0.2, -0.15) is 4.98 Å². The van der Waals surface area contributed by atoms with Crippen LogP contribution in [-0.2, 0) is 11.4 Å². The largest absolute Gasteiger partial charge is 0.490 e. The van der Waals surface area contributed by atoms with Gasteiger partial charge in [0, 0.05) is 10.7 Å². The number of ether oxygens (including phenoxy) is 2. The number of primary amides is 1. The molecule has 3 N–H and O–H groups in total. The molecule has 1 aromatic heterocycles. The molecule has 2 heterocycles. The van der Waals surface area contributed by atoms with Crippen molar-refractivity contribution in [3.63, 3.8) is 0 Å². The minimum absolute atomic E-state index is 0.332. The second-order valence-corrected chi connectivity index (χ2v) is 10.2. The Bertz CT molecular complexity index is 1280. The number of carbonyl (C=O) groups is 1. The monoisotopic (exact) mass is 577 g/mol. The molecule has 184 valence electrons. The Morgan fingerprint density at radius 2 is 2.00 bits per heavy atom. The van der Waals surface area contributed by atoms with Gasteiger partial charge in [0.2, 0.25) is 17.0 Å². The highest BCUT2D eigenvalue weighted by Gasteiger charge is 2.34. The van der Waals surface area contributed by atoms with Gasteiger partial charge in [0.05, 0.1) is 16.7 Å². The third-order valence-electron chi connectivity index (χ3n) is 5.32. The van der Waals surface area contributed by atoms with Crippen LogP contribution in [0.4, 0.5) is 5.95 Å². The van der Waals surface area contributed by atoms with Gasteiger partial charge in [-0.25, -0.2) is 4.68 Å². The number of amides is 1. The van der Waals surface area contributed by atoms with Crippen molar-refractivity contribution in [1.29, 1.82) is 0 Å². The molecule has 2 aromatic carbocycles. The lowest BCUT2D eigenvalue weighted by Gasteiger charge is -2.28. The first-order chi connectivity index (χ1) is 16.8. The number of halogens is 2. The van der Waals surface area contributed by atoms with E-state index in [4.69, 9.17) is 26.8 Å². The van der Waals surface area contributed by atoms with E-state index in [2.05, 4.69) is 31.3 Å². The molecule has 1 atom stereocenters. The van der Waals surface area contributed by atoms with Crippen LogP contribution in [0.5, 0.6) is 11.5 Å². The minimum Gasteiger partial charge on any atom is -0.490 e. The quantitative estimate of drug-likeness (QED) is 0.321. The lowest BCUT2D eigenvalue weighted by atomic mass is 9.95. The normalized spacial score (nSPS) is 14.9. The third kappa shape index (κ3) is 5.44. The summed E-state index contributed by atoms with van der Waals surface area (Å²) in [5.74, 6) is 1.93. The van der Waals surface area contributed by atoms with E-state index in [1.807, 2.05) is 50.2 Å². The van der Waals surface area contributed by atoms with Gasteiger partial charge in [0.25, 0.3) is 0 Å². The number of nitrogens with two attached hydrogens (primary N) is 1. The van der Waals surface area contributed by atoms with Gasteiger partial charge in [0.15, 0.2) is 11.5 Å². The molecule has 1 amide bonds. The number of hydrogen-bond donors (Lipinski definition) is 2. The summed E-state index contributed by atoms with van der Waals surface area (Å²) in [6, 6.07) is 10.6. The number of fused-ring (bicyclic) bond motifs is 1. The highest BCUT2D eigenvalue weighted by atomic mass is 79.9. The van der Waals surface area contributed by atoms with E-state index in [1.165, 1.54) is 11.8 Å². The van der Waals surface area contributed by atoms with Crippen LogP contribution in [0.1, 0.15) is 37.9 Å². The van der Waals surface area contributed by atoms with Gasteiger partial charge in [-0.15, -0.1) is 5.10 Å². The lowest BCUT2D eigenvalue weighted by Crippen LogP contribution is -2.32. The minimum atomic E-state index is -0.580. The molecule has 3 aromatic rings. The fourth-order valence-corrected chi connectivity index (χ4v) is 5.09. The number of hydrogen-bond acceptors (Lipinski definition) is 7. The van der Waals surface area contributed by atoms with Crippen molar-refractivity contribution in [1.82, 2.24) is 14.8 Å². The Balaban J connectivity index is 1.76. The van der Waals surface area contributed by atoms with Gasteiger partial charge in [-0.05, 0) is 70.9 Å². The molecule has 0 saturated heterocycles. The van der Waals surface area contributed by atoms with Crippen molar-refractivity contribution < 1.29 is 14.3 Å². The zero-order valence-electron chi connectivity index (χ0n) is 19.5. The van der Waals surface area contributed by atoms with Crippen LogP contribution in [0.15, 0.2) is 57.3 Å². The zero-order valence-corrected chi connectivity index (χ0v) is 22.6. The number of carbonyl (C=O) groups excluding carboxylic acids is 1. The number of aromatic nitrogens is 3. The van der Waals surface area contributed by atoms with E-state index in [1.54, 1.807) is 11.6 Å². The van der Waals surface area contributed by atoms with E-state index >= 15 is 0 Å². The Labute approximate surface area is 221 Å². The molecule has 0 bridgehead atoms. The van der Waals surface area contributed by atoms with E-state index < -0.39 is 11.9 Å². The van der Waals surface area contributed by atoms with Crippen LogP contribution >= 0.6 is 39.3 Å². The topological polar surface area (TPSA) is 104 Å². The summed E-state index contributed by atoms with van der Waals surface area (Å²) in [6.07, 6.45) is 0. The van der Waals surface area contributed by atoms with Crippen molar-refractivity contribution in [3.05, 3.63) is 68.3 Å². The lowest BCUT2D eigenvalue weighted by molar-refractivity contribution is -0.115. The maximum atomic E-state index is 12.5. The number of rotatable bonds is 9. The van der Waals surface area contributed by atoms with Crippen LogP contribution in [0.25, 0.3) is 0 Å². The first-order valence-electron chi connectivity index (χ1n) is 11.0. The smallest absolute Gasteiger partial charge is 0.248 e. The molecule has 1 unspecified atom stereocenters. The Morgan fingerprint density at radius 3 is 2.66 bits per heavy atom. The predicted octanol–water partition coefficient (Wildman–Crippen LogP) is 5.56. The van der Waals surface area contributed by atoms with Crippen LogP contribution in [0.3, 0.4) is 0 Å². The summed E-state index contributed by atoms with van der Waals surface area (Å²) in [5, 5.41) is 9.08. The standard InChI is InChI=1S/C24H25BrClN5O3S/c1-4-33-18-11-15(10-17(25)21(18)34-12-14-6-8-16(26)9-7-14)20-19(22(27)32)13(3)28-23-29-24(35-5-2)30-31(20)23/h6-11,20H,4-5,12H2,1-3H3,(H2,27,32)(H,28,29,30). The first kappa shape index (κ1) is 25.4. The molecule has 0 fully saturated rings. The Morgan fingerprint density at radius 1 is 1.26 bits per heavy atom. The summed E-state index contributed by atoms with van der Waals surface area (Å²) in [6.45, 7) is 6.50. The number of anilines is 1.